The molecule has 1 heterocycles. The molecule has 1 aliphatic heterocycles. The van der Waals surface area contributed by atoms with Crippen molar-refractivity contribution in [2.24, 2.45) is 0 Å². The number of rotatable bonds is 5. The molecule has 0 atom stereocenters. The van der Waals surface area contributed by atoms with Crippen molar-refractivity contribution < 1.29 is 9.13 Å². The zero-order valence-electron chi connectivity index (χ0n) is 12.1. The summed E-state index contributed by atoms with van der Waals surface area (Å²) >= 11 is 0. The van der Waals surface area contributed by atoms with Crippen LogP contribution in [0.15, 0.2) is 29.5 Å². The molecule has 2 nitrogen and oxygen atoms in total. The van der Waals surface area contributed by atoms with Crippen molar-refractivity contribution in [2.45, 2.75) is 39.0 Å². The first-order valence-corrected chi connectivity index (χ1v) is 7.65. The summed E-state index contributed by atoms with van der Waals surface area (Å²) in [7, 11) is 0. The summed E-state index contributed by atoms with van der Waals surface area (Å²) in [5.41, 5.74) is 4.08. The second-order valence-corrected chi connectivity index (χ2v) is 5.62. The summed E-state index contributed by atoms with van der Waals surface area (Å²) in [5, 5.41) is 0. The fraction of sp³-hybridized carbons (Fsp3) is 0.529. The van der Waals surface area contributed by atoms with Gasteiger partial charge in [0.25, 0.3) is 0 Å². The van der Waals surface area contributed by atoms with Crippen molar-refractivity contribution in [1.82, 2.24) is 4.90 Å². The van der Waals surface area contributed by atoms with Gasteiger partial charge in [0.05, 0.1) is 6.61 Å². The van der Waals surface area contributed by atoms with Gasteiger partial charge in [-0.3, -0.25) is 0 Å². The van der Waals surface area contributed by atoms with Crippen LogP contribution in [0.1, 0.15) is 38.2 Å². The Bertz CT molecular complexity index is 514. The predicted octanol–water partition coefficient (Wildman–Crippen LogP) is 3.91. The summed E-state index contributed by atoms with van der Waals surface area (Å²) in [6, 6.07) is 5.38. The third-order valence-electron chi connectivity index (χ3n) is 4.27. The Balaban J connectivity index is 1.77. The number of allylic oxidation sites excluding steroid dienone is 2. The molecule has 108 valence electrons. The van der Waals surface area contributed by atoms with Crippen LogP contribution in [0, 0.1) is 5.82 Å². The lowest BCUT2D eigenvalue weighted by molar-refractivity contribution is 0.227. The minimum atomic E-state index is -0.245. The van der Waals surface area contributed by atoms with Crippen LogP contribution < -0.4 is 4.74 Å². The van der Waals surface area contributed by atoms with E-state index in [4.69, 9.17) is 4.74 Å². The van der Waals surface area contributed by atoms with E-state index in [2.05, 4.69) is 4.90 Å². The van der Waals surface area contributed by atoms with Gasteiger partial charge in [-0.1, -0.05) is 11.6 Å². The summed E-state index contributed by atoms with van der Waals surface area (Å²) in [4.78, 5) is 2.46. The van der Waals surface area contributed by atoms with Crippen LogP contribution in [-0.4, -0.2) is 24.6 Å². The molecule has 1 aromatic rings. The van der Waals surface area contributed by atoms with E-state index in [9.17, 15) is 4.39 Å². The van der Waals surface area contributed by atoms with Crippen LogP contribution >= 0.6 is 0 Å². The van der Waals surface area contributed by atoms with E-state index < -0.39 is 0 Å². The van der Waals surface area contributed by atoms with Gasteiger partial charge >= 0.3 is 0 Å². The van der Waals surface area contributed by atoms with Gasteiger partial charge in [0.15, 0.2) is 11.6 Å². The molecule has 0 N–H and O–H groups in total. The fourth-order valence-electron chi connectivity index (χ4n) is 2.81. The van der Waals surface area contributed by atoms with Gasteiger partial charge in [0.2, 0.25) is 0 Å². The first kappa shape index (κ1) is 13.5. The molecule has 1 saturated heterocycles. The number of nitrogens with zero attached hydrogens (tertiary/aromatic N) is 1. The Labute approximate surface area is 120 Å². The molecule has 1 saturated carbocycles. The number of likely N-dealkylation sites (tertiary alicyclic amines) is 1. The minimum Gasteiger partial charge on any atom is -0.491 e. The number of hydrogen-bond acceptors (Lipinski definition) is 2. The summed E-state index contributed by atoms with van der Waals surface area (Å²) < 4.78 is 19.2. The topological polar surface area (TPSA) is 12.5 Å². The Kier molecular flexibility index (Phi) is 3.95. The van der Waals surface area contributed by atoms with Crippen molar-refractivity contribution in [3.05, 3.63) is 40.8 Å². The molecule has 3 heteroatoms. The number of benzene rings is 1. The van der Waals surface area contributed by atoms with Gasteiger partial charge in [-0.15, -0.1) is 0 Å². The Morgan fingerprint density at radius 2 is 2.05 bits per heavy atom. The van der Waals surface area contributed by atoms with E-state index in [0.717, 1.165) is 12.0 Å². The van der Waals surface area contributed by atoms with Crippen LogP contribution in [0.2, 0.25) is 0 Å². The monoisotopic (exact) mass is 275 g/mol. The second kappa shape index (κ2) is 5.86. The van der Waals surface area contributed by atoms with E-state index in [1.54, 1.807) is 17.7 Å². The highest BCUT2D eigenvalue weighted by atomic mass is 19.1. The molecule has 2 aliphatic rings. The van der Waals surface area contributed by atoms with E-state index in [0.29, 0.717) is 12.4 Å². The van der Waals surface area contributed by atoms with Gasteiger partial charge in [-0.2, -0.15) is 0 Å². The molecular weight excluding hydrogens is 253 g/mol. The van der Waals surface area contributed by atoms with Gasteiger partial charge in [0, 0.05) is 25.2 Å². The highest BCUT2D eigenvalue weighted by Crippen LogP contribution is 2.34. The summed E-state index contributed by atoms with van der Waals surface area (Å²) in [6.45, 7) is 4.70. The van der Waals surface area contributed by atoms with Crippen LogP contribution in [0.4, 0.5) is 4.39 Å². The smallest absolute Gasteiger partial charge is 0.165 e. The molecule has 0 aromatic heterocycles. The Hall–Kier alpha value is -1.51. The molecule has 1 aromatic carbocycles. The standard InChI is InChI=1S/C17H22FNO/c1-2-20-17-8-7-13(11-15(17)18)12-16(14-5-3-6-14)19-9-4-10-19/h7-8,11H,2-6,9-10,12H2,1H3. The maximum atomic E-state index is 13.9. The average molecular weight is 275 g/mol. The molecule has 1 aliphatic carbocycles. The SMILES string of the molecule is CCOc1ccc(CC(=C2CCC2)N2CCC2)cc1F. The van der Waals surface area contributed by atoms with Crippen molar-refractivity contribution in [3.8, 4) is 5.75 Å². The number of halogens is 1. The molecule has 20 heavy (non-hydrogen) atoms. The lowest BCUT2D eigenvalue weighted by Gasteiger charge is -2.39. The van der Waals surface area contributed by atoms with Crippen molar-refractivity contribution in [2.75, 3.05) is 19.7 Å². The number of ether oxygens (including phenoxy) is 1. The van der Waals surface area contributed by atoms with Crippen LogP contribution in [0.5, 0.6) is 5.75 Å². The first-order valence-electron chi connectivity index (χ1n) is 7.65. The van der Waals surface area contributed by atoms with Crippen molar-refractivity contribution >= 4 is 0 Å². The first-order chi connectivity index (χ1) is 9.78. The predicted molar refractivity (Wildman–Crippen MR) is 78.3 cm³/mol. The zero-order valence-corrected chi connectivity index (χ0v) is 12.1. The Morgan fingerprint density at radius 1 is 1.25 bits per heavy atom. The van der Waals surface area contributed by atoms with Gasteiger partial charge in [-0.05, 0) is 50.3 Å². The van der Waals surface area contributed by atoms with Crippen molar-refractivity contribution in [3.63, 3.8) is 0 Å². The molecule has 0 spiro atoms. The summed E-state index contributed by atoms with van der Waals surface area (Å²) in [6.07, 6.45) is 5.91. The molecule has 0 radical (unpaired) electrons. The maximum Gasteiger partial charge on any atom is 0.165 e. The minimum absolute atomic E-state index is 0.245. The van der Waals surface area contributed by atoms with Gasteiger partial charge in [0.1, 0.15) is 0 Å². The normalized spacial score (nSPS) is 17.5. The van der Waals surface area contributed by atoms with E-state index in [1.807, 2.05) is 13.0 Å². The largest absolute Gasteiger partial charge is 0.491 e. The van der Waals surface area contributed by atoms with Crippen LogP contribution in [-0.2, 0) is 6.42 Å². The van der Waals surface area contributed by atoms with E-state index in [-0.39, 0.29) is 5.82 Å². The van der Waals surface area contributed by atoms with E-state index in [1.165, 1.54) is 44.5 Å². The molecular formula is C17H22FNO. The van der Waals surface area contributed by atoms with Gasteiger partial charge < -0.3 is 9.64 Å². The summed E-state index contributed by atoms with van der Waals surface area (Å²) in [5.74, 6) is 0.115. The fourth-order valence-corrected chi connectivity index (χ4v) is 2.81. The Morgan fingerprint density at radius 3 is 2.55 bits per heavy atom. The average Bonchev–Trinajstić information content (AvgIpc) is 2.28. The maximum absolute atomic E-state index is 13.9. The molecule has 0 unspecified atom stereocenters. The number of hydrogen-bond donors (Lipinski definition) is 0. The van der Waals surface area contributed by atoms with Crippen LogP contribution in [0.25, 0.3) is 0 Å². The third-order valence-corrected chi connectivity index (χ3v) is 4.27. The molecule has 2 fully saturated rings. The highest BCUT2D eigenvalue weighted by molar-refractivity contribution is 5.33. The molecule has 0 amide bonds. The van der Waals surface area contributed by atoms with Crippen molar-refractivity contribution in [1.29, 1.82) is 0 Å². The zero-order chi connectivity index (χ0) is 13.9. The molecule has 3 rings (SSSR count). The van der Waals surface area contributed by atoms with Crippen LogP contribution in [0.3, 0.4) is 0 Å². The quantitative estimate of drug-likeness (QED) is 0.808. The van der Waals surface area contributed by atoms with Gasteiger partial charge in [-0.25, -0.2) is 4.39 Å². The third kappa shape index (κ3) is 2.67. The lowest BCUT2D eigenvalue weighted by Crippen LogP contribution is -2.38. The highest BCUT2D eigenvalue weighted by Gasteiger charge is 2.23. The second-order valence-electron chi connectivity index (χ2n) is 5.62. The van der Waals surface area contributed by atoms with E-state index >= 15 is 0 Å². The lowest BCUT2D eigenvalue weighted by atomic mass is 9.87. The molecule has 0 bridgehead atoms.